The minimum atomic E-state index is -0.714. The van der Waals surface area contributed by atoms with E-state index in [4.69, 9.17) is 4.74 Å². The number of thioether (sulfide) groups is 1. The molecule has 1 saturated heterocycles. The molecule has 1 aliphatic carbocycles. The number of aromatic nitrogens is 1. The second-order valence-corrected chi connectivity index (χ2v) is 12.3. The number of fused-ring (bicyclic) bond motifs is 1. The van der Waals surface area contributed by atoms with Gasteiger partial charge in [0.15, 0.2) is 0 Å². The summed E-state index contributed by atoms with van der Waals surface area (Å²) in [5.74, 6) is 1.71. The third kappa shape index (κ3) is 8.33. The molecule has 0 amide bonds. The molecule has 1 aliphatic heterocycles. The number of rotatable bonds is 12. The predicted octanol–water partition coefficient (Wildman–Crippen LogP) is 6.32. The minimum absolute atomic E-state index is 0.141. The average Bonchev–Trinajstić information content (AvgIpc) is 3.18. The molecule has 4 rings (SSSR count). The number of methoxy groups -OCH3 is 1. The molecule has 6 nitrogen and oxygen atoms in total. The lowest BCUT2D eigenvalue weighted by molar-refractivity contribution is -0.139. The number of likely N-dealkylation sites (tertiary alicyclic amines) is 1. The van der Waals surface area contributed by atoms with Crippen molar-refractivity contribution in [2.45, 2.75) is 82.0 Å². The number of hydrogen-bond acceptors (Lipinski definition) is 6. The maximum atomic E-state index is 11.7. The van der Waals surface area contributed by atoms with Crippen molar-refractivity contribution >= 4 is 28.6 Å². The van der Waals surface area contributed by atoms with Crippen LogP contribution in [-0.2, 0) is 4.79 Å². The minimum Gasteiger partial charge on any atom is -0.497 e. The van der Waals surface area contributed by atoms with E-state index in [-0.39, 0.29) is 12.3 Å². The van der Waals surface area contributed by atoms with E-state index in [1.165, 1.54) is 50.7 Å². The van der Waals surface area contributed by atoms with Gasteiger partial charge in [0, 0.05) is 29.8 Å². The number of carboxylic acid groups (broad SMARTS) is 1. The van der Waals surface area contributed by atoms with Crippen LogP contribution in [0.4, 0.5) is 0 Å². The first kappa shape index (κ1) is 28.2. The molecule has 37 heavy (non-hydrogen) atoms. The van der Waals surface area contributed by atoms with Crippen molar-refractivity contribution in [2.24, 2.45) is 11.8 Å². The second-order valence-electron chi connectivity index (χ2n) is 10.9. The molecule has 2 aromatic rings. The van der Waals surface area contributed by atoms with E-state index in [1.807, 2.05) is 24.3 Å². The van der Waals surface area contributed by atoms with Crippen LogP contribution in [0.25, 0.3) is 10.9 Å². The molecule has 0 spiro atoms. The van der Waals surface area contributed by atoms with E-state index >= 15 is 0 Å². The Kier molecular flexibility index (Phi) is 10.9. The zero-order valence-electron chi connectivity index (χ0n) is 22.3. The van der Waals surface area contributed by atoms with Crippen LogP contribution in [-0.4, -0.2) is 63.8 Å². The van der Waals surface area contributed by atoms with Gasteiger partial charge in [-0.25, -0.2) is 0 Å². The molecular weight excluding hydrogens is 484 g/mol. The summed E-state index contributed by atoms with van der Waals surface area (Å²) in [6.07, 6.45) is 13.3. The van der Waals surface area contributed by atoms with Crippen LogP contribution >= 0.6 is 11.8 Å². The molecule has 2 fully saturated rings. The SMILES string of the molecule is COc1ccc2nccc(C(O)CC[C@@H]3CCN(CCCSC4CCCCCC4)C[C@@H]3CC(=O)O)c2c1. The number of piperidine rings is 1. The molecule has 204 valence electrons. The first-order valence-electron chi connectivity index (χ1n) is 14.2. The molecule has 1 saturated carbocycles. The average molecular weight is 529 g/mol. The molecule has 1 unspecified atom stereocenters. The Bertz CT molecular complexity index is 995. The smallest absolute Gasteiger partial charge is 0.303 e. The Morgan fingerprint density at radius 2 is 1.97 bits per heavy atom. The fraction of sp³-hybridized carbons (Fsp3) is 0.667. The van der Waals surface area contributed by atoms with Gasteiger partial charge in [0.2, 0.25) is 0 Å². The quantitative estimate of drug-likeness (QED) is 0.246. The lowest BCUT2D eigenvalue weighted by atomic mass is 9.79. The van der Waals surface area contributed by atoms with Crippen molar-refractivity contribution in [3.63, 3.8) is 0 Å². The first-order valence-corrected chi connectivity index (χ1v) is 15.2. The van der Waals surface area contributed by atoms with Crippen molar-refractivity contribution in [3.8, 4) is 5.75 Å². The normalized spacial score (nSPS) is 22.5. The molecule has 2 aliphatic rings. The van der Waals surface area contributed by atoms with E-state index in [9.17, 15) is 15.0 Å². The van der Waals surface area contributed by atoms with Crippen molar-refractivity contribution in [1.29, 1.82) is 0 Å². The standard InChI is InChI=1S/C30H44N2O4S/c1-36-24-10-11-28-27(20-24)26(13-15-31-28)29(33)12-9-22-14-17-32(21-23(22)19-30(34)35)16-6-18-37-25-7-4-2-3-5-8-25/h10-11,13,15,20,22-23,25,29,33H,2-9,12,14,16-19,21H2,1H3,(H,34,35)/t22-,23+,29?/m1/s1. The lowest BCUT2D eigenvalue weighted by Crippen LogP contribution is -2.42. The predicted molar refractivity (Wildman–Crippen MR) is 151 cm³/mol. The van der Waals surface area contributed by atoms with E-state index in [1.54, 1.807) is 13.3 Å². The van der Waals surface area contributed by atoms with Gasteiger partial charge in [0.25, 0.3) is 0 Å². The number of aliphatic hydroxyl groups is 1. The summed E-state index contributed by atoms with van der Waals surface area (Å²) in [5, 5.41) is 22.4. The zero-order valence-corrected chi connectivity index (χ0v) is 23.1. The molecule has 3 atom stereocenters. The van der Waals surface area contributed by atoms with Crippen LogP contribution in [0.3, 0.4) is 0 Å². The summed E-state index contributed by atoms with van der Waals surface area (Å²) < 4.78 is 5.37. The molecule has 1 aromatic carbocycles. The van der Waals surface area contributed by atoms with Crippen LogP contribution in [0.2, 0.25) is 0 Å². The summed E-state index contributed by atoms with van der Waals surface area (Å²) >= 11 is 2.16. The highest BCUT2D eigenvalue weighted by atomic mass is 32.2. The van der Waals surface area contributed by atoms with Crippen molar-refractivity contribution in [2.75, 3.05) is 32.5 Å². The van der Waals surface area contributed by atoms with Gasteiger partial charge < -0.3 is 19.8 Å². The monoisotopic (exact) mass is 528 g/mol. The van der Waals surface area contributed by atoms with Crippen LogP contribution < -0.4 is 4.74 Å². The number of nitrogens with zero attached hydrogens (tertiary/aromatic N) is 2. The van der Waals surface area contributed by atoms with Crippen molar-refractivity contribution in [1.82, 2.24) is 9.88 Å². The largest absolute Gasteiger partial charge is 0.497 e. The second kappa shape index (κ2) is 14.4. The van der Waals surface area contributed by atoms with Gasteiger partial charge in [0.05, 0.1) is 18.7 Å². The van der Waals surface area contributed by atoms with E-state index in [0.29, 0.717) is 12.3 Å². The summed E-state index contributed by atoms with van der Waals surface area (Å²) in [6.45, 7) is 2.95. The zero-order chi connectivity index (χ0) is 26.0. The van der Waals surface area contributed by atoms with Gasteiger partial charge in [0.1, 0.15) is 5.75 Å². The van der Waals surface area contributed by atoms with Gasteiger partial charge >= 0.3 is 5.97 Å². The summed E-state index contributed by atoms with van der Waals surface area (Å²) in [5.41, 5.74) is 1.70. The van der Waals surface area contributed by atoms with Gasteiger partial charge in [-0.15, -0.1) is 0 Å². The molecule has 0 bridgehead atoms. The Labute approximate surface area is 226 Å². The fourth-order valence-corrected chi connectivity index (χ4v) is 7.53. The lowest BCUT2D eigenvalue weighted by Gasteiger charge is -2.38. The number of ether oxygens (including phenoxy) is 1. The van der Waals surface area contributed by atoms with Crippen molar-refractivity contribution in [3.05, 3.63) is 36.0 Å². The van der Waals surface area contributed by atoms with E-state index < -0.39 is 12.1 Å². The van der Waals surface area contributed by atoms with Gasteiger partial charge in [-0.05, 0) is 99.0 Å². The number of aliphatic carboxylic acids is 1. The summed E-state index contributed by atoms with van der Waals surface area (Å²) in [4.78, 5) is 18.6. The first-order chi connectivity index (χ1) is 18.0. The number of aliphatic hydroxyl groups excluding tert-OH is 1. The highest BCUT2D eigenvalue weighted by Gasteiger charge is 2.31. The Morgan fingerprint density at radius 3 is 2.73 bits per heavy atom. The van der Waals surface area contributed by atoms with E-state index in [0.717, 1.165) is 59.9 Å². The molecule has 2 N–H and O–H groups in total. The van der Waals surface area contributed by atoms with Crippen LogP contribution in [0.1, 0.15) is 82.3 Å². The fourth-order valence-electron chi connectivity index (χ4n) is 6.23. The maximum absolute atomic E-state index is 11.7. The van der Waals surface area contributed by atoms with Crippen LogP contribution in [0.15, 0.2) is 30.5 Å². The van der Waals surface area contributed by atoms with Gasteiger partial charge in [-0.2, -0.15) is 11.8 Å². The van der Waals surface area contributed by atoms with Crippen LogP contribution in [0, 0.1) is 11.8 Å². The molecule has 2 heterocycles. The summed E-state index contributed by atoms with van der Waals surface area (Å²) in [7, 11) is 1.64. The van der Waals surface area contributed by atoms with Crippen molar-refractivity contribution < 1.29 is 19.7 Å². The number of hydrogen-bond donors (Lipinski definition) is 2. The number of carboxylic acids is 1. The van der Waals surface area contributed by atoms with Crippen LogP contribution in [0.5, 0.6) is 5.75 Å². The Hall–Kier alpha value is -1.83. The third-order valence-electron chi connectivity index (χ3n) is 8.34. The summed E-state index contributed by atoms with van der Waals surface area (Å²) in [6, 6.07) is 7.61. The molecular formula is C30H44N2O4S. The highest BCUT2D eigenvalue weighted by Crippen LogP contribution is 2.35. The number of carbonyl (C=O) groups is 1. The Morgan fingerprint density at radius 1 is 1.16 bits per heavy atom. The van der Waals surface area contributed by atoms with E-state index in [2.05, 4.69) is 21.6 Å². The topological polar surface area (TPSA) is 82.9 Å². The number of benzene rings is 1. The third-order valence-corrected chi connectivity index (χ3v) is 9.81. The molecule has 1 aromatic heterocycles. The maximum Gasteiger partial charge on any atom is 0.303 e. The number of pyridine rings is 1. The van der Waals surface area contributed by atoms with Gasteiger partial charge in [-0.1, -0.05) is 25.7 Å². The molecule has 7 heteroatoms. The Balaban J connectivity index is 1.28. The molecule has 0 radical (unpaired) electrons. The van der Waals surface area contributed by atoms with Gasteiger partial charge in [-0.3, -0.25) is 9.78 Å². The highest BCUT2D eigenvalue weighted by molar-refractivity contribution is 7.99.